The first-order valence-corrected chi connectivity index (χ1v) is 6.98. The molecule has 3 nitrogen and oxygen atoms in total. The molecular formula is C14H22F3N3. The molecule has 1 aliphatic rings. The van der Waals surface area contributed by atoms with E-state index >= 15 is 0 Å². The lowest BCUT2D eigenvalue weighted by molar-refractivity contribution is -0.171. The second kappa shape index (κ2) is 4.97. The van der Waals surface area contributed by atoms with Crippen LogP contribution in [0.3, 0.4) is 0 Å². The minimum absolute atomic E-state index is 0.0342. The van der Waals surface area contributed by atoms with Crippen molar-refractivity contribution in [3.8, 4) is 0 Å². The highest BCUT2D eigenvalue weighted by molar-refractivity contribution is 5.39. The Labute approximate surface area is 117 Å². The standard InChI is InChI=1S/C14H22F3N3/c1-9(13(2,3)4)7-10-8-12-18-6-5-11(14(15,16)17)20(12)19-10/h8-9,11,18H,5-7H2,1-4H3. The topological polar surface area (TPSA) is 29.9 Å². The van der Waals surface area contributed by atoms with Crippen LogP contribution >= 0.6 is 0 Å². The molecule has 0 saturated heterocycles. The van der Waals surface area contributed by atoms with Crippen molar-refractivity contribution in [2.75, 3.05) is 11.9 Å². The first-order valence-electron chi connectivity index (χ1n) is 6.98. The van der Waals surface area contributed by atoms with E-state index in [9.17, 15) is 13.2 Å². The van der Waals surface area contributed by atoms with Gasteiger partial charge in [0.25, 0.3) is 0 Å². The molecule has 1 N–H and O–H groups in total. The highest BCUT2D eigenvalue weighted by Gasteiger charge is 2.44. The van der Waals surface area contributed by atoms with Gasteiger partial charge in [-0.2, -0.15) is 18.3 Å². The molecule has 2 rings (SSSR count). The highest BCUT2D eigenvalue weighted by Crippen LogP contribution is 2.38. The van der Waals surface area contributed by atoms with E-state index in [-0.39, 0.29) is 11.8 Å². The summed E-state index contributed by atoms with van der Waals surface area (Å²) in [5.41, 5.74) is 0.840. The molecule has 6 heteroatoms. The fraction of sp³-hybridized carbons (Fsp3) is 0.786. The molecule has 1 aromatic heterocycles. The predicted octanol–water partition coefficient (Wildman–Crippen LogP) is 4.03. The minimum Gasteiger partial charge on any atom is -0.370 e. The second-order valence-corrected chi connectivity index (χ2v) is 6.71. The third-order valence-electron chi connectivity index (χ3n) is 4.18. The van der Waals surface area contributed by atoms with Crippen molar-refractivity contribution in [1.29, 1.82) is 0 Å². The third-order valence-corrected chi connectivity index (χ3v) is 4.18. The first kappa shape index (κ1) is 15.2. The maximum atomic E-state index is 13.0. The number of nitrogens with one attached hydrogen (secondary N) is 1. The molecule has 114 valence electrons. The Morgan fingerprint density at radius 3 is 2.60 bits per heavy atom. The summed E-state index contributed by atoms with van der Waals surface area (Å²) in [5.74, 6) is 0.832. The first-order chi connectivity index (χ1) is 9.09. The van der Waals surface area contributed by atoms with Gasteiger partial charge in [-0.25, -0.2) is 4.68 Å². The molecule has 0 radical (unpaired) electrons. The number of fused-ring (bicyclic) bond motifs is 1. The van der Waals surface area contributed by atoms with Gasteiger partial charge in [0.15, 0.2) is 6.04 Å². The molecule has 1 aliphatic heterocycles. The summed E-state index contributed by atoms with van der Waals surface area (Å²) in [4.78, 5) is 0. The van der Waals surface area contributed by atoms with Gasteiger partial charge in [-0.05, 0) is 24.2 Å². The largest absolute Gasteiger partial charge is 0.410 e. The molecule has 0 spiro atoms. The van der Waals surface area contributed by atoms with E-state index in [1.165, 1.54) is 0 Å². The Morgan fingerprint density at radius 2 is 2.05 bits per heavy atom. The number of hydrogen-bond acceptors (Lipinski definition) is 2. The van der Waals surface area contributed by atoms with Crippen LogP contribution in [0.2, 0.25) is 0 Å². The zero-order chi connectivity index (χ0) is 15.1. The molecule has 0 fully saturated rings. The fourth-order valence-electron chi connectivity index (χ4n) is 2.30. The third kappa shape index (κ3) is 3.10. The molecule has 2 atom stereocenters. The number of rotatable bonds is 2. The minimum atomic E-state index is -4.24. The summed E-state index contributed by atoms with van der Waals surface area (Å²) in [6.07, 6.45) is -3.52. The van der Waals surface area contributed by atoms with E-state index in [1.54, 1.807) is 6.07 Å². The molecular weight excluding hydrogens is 267 g/mol. The number of alkyl halides is 3. The summed E-state index contributed by atoms with van der Waals surface area (Å²) >= 11 is 0. The second-order valence-electron chi connectivity index (χ2n) is 6.71. The highest BCUT2D eigenvalue weighted by atomic mass is 19.4. The molecule has 2 unspecified atom stereocenters. The van der Waals surface area contributed by atoms with Crippen molar-refractivity contribution in [1.82, 2.24) is 9.78 Å². The Kier molecular flexibility index (Phi) is 3.77. The zero-order valence-electron chi connectivity index (χ0n) is 12.4. The molecule has 20 heavy (non-hydrogen) atoms. The van der Waals surface area contributed by atoms with Crippen LogP contribution < -0.4 is 5.32 Å². The Balaban J connectivity index is 2.22. The van der Waals surface area contributed by atoms with Gasteiger partial charge in [0, 0.05) is 12.6 Å². The summed E-state index contributed by atoms with van der Waals surface area (Å²) in [5, 5.41) is 7.18. The van der Waals surface area contributed by atoms with Gasteiger partial charge < -0.3 is 5.32 Å². The van der Waals surface area contributed by atoms with Gasteiger partial charge in [0.1, 0.15) is 5.82 Å². The molecule has 1 aromatic rings. The van der Waals surface area contributed by atoms with E-state index in [0.717, 1.165) is 10.4 Å². The average molecular weight is 289 g/mol. The SMILES string of the molecule is CC(Cc1cc2n(n1)C(C(F)(F)F)CCN2)C(C)(C)C. The quantitative estimate of drug-likeness (QED) is 0.891. The zero-order valence-corrected chi connectivity index (χ0v) is 12.4. The number of hydrogen-bond donors (Lipinski definition) is 1. The van der Waals surface area contributed by atoms with Crippen molar-refractivity contribution in [3.05, 3.63) is 11.8 Å². The Morgan fingerprint density at radius 1 is 1.40 bits per heavy atom. The van der Waals surface area contributed by atoms with E-state index < -0.39 is 12.2 Å². The van der Waals surface area contributed by atoms with Gasteiger partial charge in [0.05, 0.1) is 5.69 Å². The molecule has 2 heterocycles. The fourth-order valence-corrected chi connectivity index (χ4v) is 2.30. The lowest BCUT2D eigenvalue weighted by Crippen LogP contribution is -2.34. The van der Waals surface area contributed by atoms with E-state index in [2.05, 4.69) is 38.1 Å². The Hall–Kier alpha value is -1.20. The van der Waals surface area contributed by atoms with Gasteiger partial charge in [0.2, 0.25) is 0 Å². The van der Waals surface area contributed by atoms with Crippen molar-refractivity contribution >= 4 is 5.82 Å². The van der Waals surface area contributed by atoms with E-state index in [1.807, 2.05) is 0 Å². The summed E-state index contributed by atoms with van der Waals surface area (Å²) in [6.45, 7) is 8.83. The normalized spacial score (nSPS) is 21.2. The number of aromatic nitrogens is 2. The van der Waals surface area contributed by atoms with Gasteiger partial charge in [-0.1, -0.05) is 27.7 Å². The maximum absolute atomic E-state index is 13.0. The van der Waals surface area contributed by atoms with Crippen LogP contribution in [0, 0.1) is 11.3 Å². The van der Waals surface area contributed by atoms with Crippen LogP contribution in [0.15, 0.2) is 6.07 Å². The predicted molar refractivity (Wildman–Crippen MR) is 72.7 cm³/mol. The van der Waals surface area contributed by atoms with Crippen LogP contribution in [0.4, 0.5) is 19.0 Å². The molecule has 0 saturated carbocycles. The summed E-state index contributed by atoms with van der Waals surface area (Å²) in [6, 6.07) is 0.248. The molecule has 0 aliphatic carbocycles. The van der Waals surface area contributed by atoms with Crippen molar-refractivity contribution < 1.29 is 13.2 Å². The smallest absolute Gasteiger partial charge is 0.370 e. The van der Waals surface area contributed by atoms with E-state index in [4.69, 9.17) is 0 Å². The molecule has 0 aromatic carbocycles. The van der Waals surface area contributed by atoms with E-state index in [0.29, 0.717) is 24.7 Å². The van der Waals surface area contributed by atoms with Crippen LogP contribution in [0.25, 0.3) is 0 Å². The van der Waals surface area contributed by atoms with Crippen molar-refractivity contribution in [3.63, 3.8) is 0 Å². The lowest BCUT2D eigenvalue weighted by atomic mass is 9.79. The molecule has 0 amide bonds. The lowest BCUT2D eigenvalue weighted by Gasteiger charge is -2.27. The monoisotopic (exact) mass is 289 g/mol. The molecule has 0 bridgehead atoms. The van der Waals surface area contributed by atoms with Crippen LogP contribution in [0.1, 0.15) is 45.9 Å². The summed E-state index contributed by atoms with van der Waals surface area (Å²) < 4.78 is 40.1. The number of halogens is 3. The van der Waals surface area contributed by atoms with Gasteiger partial charge in [-0.3, -0.25) is 0 Å². The van der Waals surface area contributed by atoms with Gasteiger partial charge >= 0.3 is 6.18 Å². The maximum Gasteiger partial charge on any atom is 0.410 e. The average Bonchev–Trinajstić information content (AvgIpc) is 2.67. The summed E-state index contributed by atoms with van der Waals surface area (Å²) in [7, 11) is 0. The van der Waals surface area contributed by atoms with Crippen molar-refractivity contribution in [2.24, 2.45) is 11.3 Å². The number of nitrogens with zero attached hydrogens (tertiary/aromatic N) is 2. The Bertz CT molecular complexity index is 471. The van der Waals surface area contributed by atoms with Crippen LogP contribution in [-0.2, 0) is 6.42 Å². The number of anilines is 1. The van der Waals surface area contributed by atoms with Crippen LogP contribution in [-0.4, -0.2) is 22.5 Å². The van der Waals surface area contributed by atoms with Gasteiger partial charge in [-0.15, -0.1) is 0 Å². The van der Waals surface area contributed by atoms with Crippen molar-refractivity contribution in [2.45, 2.75) is 52.8 Å². The van der Waals surface area contributed by atoms with Crippen LogP contribution in [0.5, 0.6) is 0 Å².